The second kappa shape index (κ2) is 7.13. The number of nitrogens with one attached hydrogen (secondary N) is 1. The first-order valence-corrected chi connectivity index (χ1v) is 7.45. The van der Waals surface area contributed by atoms with Crippen LogP contribution in [0.3, 0.4) is 0 Å². The normalized spacial score (nSPS) is 15.3. The highest BCUT2D eigenvalue weighted by molar-refractivity contribution is 5.99. The van der Waals surface area contributed by atoms with E-state index in [2.05, 4.69) is 5.32 Å². The molecule has 7 nitrogen and oxygen atoms in total. The lowest BCUT2D eigenvalue weighted by Gasteiger charge is -2.18. The summed E-state index contributed by atoms with van der Waals surface area (Å²) in [5.74, 6) is -0.510. The molecular formula is C16H20N2O5. The molecule has 0 saturated carbocycles. The molecule has 0 bridgehead atoms. The fourth-order valence-electron chi connectivity index (χ4n) is 2.12. The number of hydrogen-bond acceptors (Lipinski definition) is 5. The number of ether oxygens (including phenoxy) is 2. The number of urea groups is 1. The van der Waals surface area contributed by atoms with Gasteiger partial charge in [0.2, 0.25) is 0 Å². The zero-order valence-electron chi connectivity index (χ0n) is 13.4. The Labute approximate surface area is 134 Å². The summed E-state index contributed by atoms with van der Waals surface area (Å²) in [6.07, 6.45) is -0.991. The minimum Gasteiger partial charge on any atom is -0.491 e. The third kappa shape index (κ3) is 4.21. The smallest absolute Gasteiger partial charge is 0.338 e. The first kappa shape index (κ1) is 16.8. The van der Waals surface area contributed by atoms with Gasteiger partial charge < -0.3 is 14.8 Å². The van der Waals surface area contributed by atoms with Gasteiger partial charge in [0.1, 0.15) is 5.75 Å². The number of imide groups is 1. The Hall–Kier alpha value is -2.57. The predicted octanol–water partition coefficient (Wildman–Crippen LogP) is 1.57. The molecule has 1 aromatic carbocycles. The monoisotopic (exact) mass is 320 g/mol. The first-order chi connectivity index (χ1) is 10.9. The quantitative estimate of drug-likeness (QED) is 0.833. The van der Waals surface area contributed by atoms with E-state index in [1.54, 1.807) is 24.3 Å². The van der Waals surface area contributed by atoms with Crippen LogP contribution < -0.4 is 10.1 Å². The minimum absolute atomic E-state index is 0.0389. The third-order valence-electron chi connectivity index (χ3n) is 3.22. The summed E-state index contributed by atoms with van der Waals surface area (Å²) in [7, 11) is 0. The van der Waals surface area contributed by atoms with Gasteiger partial charge in [-0.15, -0.1) is 0 Å². The van der Waals surface area contributed by atoms with E-state index >= 15 is 0 Å². The molecule has 1 N–H and O–H groups in total. The first-order valence-electron chi connectivity index (χ1n) is 7.45. The summed E-state index contributed by atoms with van der Waals surface area (Å²) in [6.45, 7) is 5.94. The maximum Gasteiger partial charge on any atom is 0.338 e. The number of carbonyl (C=O) groups excluding carboxylic acids is 3. The zero-order valence-corrected chi connectivity index (χ0v) is 13.4. The Balaban J connectivity index is 1.95. The highest BCUT2D eigenvalue weighted by atomic mass is 16.5. The fraction of sp³-hybridized carbons (Fsp3) is 0.438. The lowest BCUT2D eigenvalue weighted by Crippen LogP contribution is -2.41. The van der Waals surface area contributed by atoms with Gasteiger partial charge in [0, 0.05) is 13.1 Å². The number of esters is 1. The third-order valence-corrected chi connectivity index (χ3v) is 3.22. The summed E-state index contributed by atoms with van der Waals surface area (Å²) in [5.41, 5.74) is 0.312. The minimum atomic E-state index is -1.03. The highest BCUT2D eigenvalue weighted by Gasteiger charge is 2.31. The lowest BCUT2D eigenvalue weighted by molar-refractivity contribution is -0.136. The van der Waals surface area contributed by atoms with Crippen LogP contribution in [0.25, 0.3) is 0 Å². The van der Waals surface area contributed by atoms with Crippen molar-refractivity contribution in [2.75, 3.05) is 13.1 Å². The van der Waals surface area contributed by atoms with Crippen LogP contribution in [0.2, 0.25) is 0 Å². The van der Waals surface area contributed by atoms with Crippen LogP contribution >= 0.6 is 0 Å². The van der Waals surface area contributed by atoms with E-state index in [9.17, 15) is 14.4 Å². The van der Waals surface area contributed by atoms with Crippen LogP contribution in [0.15, 0.2) is 24.3 Å². The average molecular weight is 320 g/mol. The number of hydrogen-bond donors (Lipinski definition) is 1. The average Bonchev–Trinajstić information content (AvgIpc) is 2.92. The largest absolute Gasteiger partial charge is 0.491 e. The number of benzene rings is 1. The number of amides is 3. The Morgan fingerprint density at radius 1 is 1.17 bits per heavy atom. The van der Waals surface area contributed by atoms with Crippen LogP contribution in [0.4, 0.5) is 4.79 Å². The van der Waals surface area contributed by atoms with Gasteiger partial charge >= 0.3 is 12.0 Å². The van der Waals surface area contributed by atoms with E-state index in [1.807, 2.05) is 13.8 Å². The van der Waals surface area contributed by atoms with E-state index in [0.717, 1.165) is 4.90 Å². The molecule has 0 aliphatic carbocycles. The van der Waals surface area contributed by atoms with Crippen LogP contribution in [-0.2, 0) is 9.53 Å². The second-order valence-corrected chi connectivity index (χ2v) is 5.46. The maximum absolute atomic E-state index is 12.1. The number of nitrogens with zero attached hydrogens (tertiary/aromatic N) is 1. The summed E-state index contributed by atoms with van der Waals surface area (Å²) < 4.78 is 10.6. The van der Waals surface area contributed by atoms with E-state index < -0.39 is 24.0 Å². The predicted molar refractivity (Wildman–Crippen MR) is 82.2 cm³/mol. The molecule has 1 aliphatic rings. The summed E-state index contributed by atoms with van der Waals surface area (Å²) in [6, 6.07) is 6.00. The van der Waals surface area contributed by atoms with Crippen molar-refractivity contribution in [2.24, 2.45) is 0 Å². The SMILES string of the molecule is CC(C)Oc1ccc(C(=O)O[C@H](C)C(=O)N2CCNC2=O)cc1. The summed E-state index contributed by atoms with van der Waals surface area (Å²) in [5, 5.41) is 2.52. The molecule has 1 aromatic rings. The fourth-order valence-corrected chi connectivity index (χ4v) is 2.12. The molecule has 2 rings (SSSR count). The van der Waals surface area contributed by atoms with Crippen LogP contribution in [0, 0.1) is 0 Å². The van der Waals surface area contributed by atoms with Crippen molar-refractivity contribution in [1.82, 2.24) is 10.2 Å². The molecular weight excluding hydrogens is 300 g/mol. The standard InChI is InChI=1S/C16H20N2O5/c1-10(2)22-13-6-4-12(5-7-13)15(20)23-11(3)14(19)18-9-8-17-16(18)21/h4-7,10-11H,8-9H2,1-3H3,(H,17,21)/t11-/m1/s1. The summed E-state index contributed by atoms with van der Waals surface area (Å²) in [4.78, 5) is 36.6. The molecule has 0 radical (unpaired) electrons. The van der Waals surface area contributed by atoms with Gasteiger partial charge in [0.15, 0.2) is 6.10 Å². The molecule has 23 heavy (non-hydrogen) atoms. The van der Waals surface area contributed by atoms with E-state index in [4.69, 9.17) is 9.47 Å². The zero-order chi connectivity index (χ0) is 17.0. The van der Waals surface area contributed by atoms with Gasteiger partial charge in [-0.2, -0.15) is 0 Å². The van der Waals surface area contributed by atoms with E-state index in [0.29, 0.717) is 17.9 Å². The second-order valence-electron chi connectivity index (χ2n) is 5.46. The molecule has 1 heterocycles. The Kier molecular flexibility index (Phi) is 5.20. The Bertz CT molecular complexity index is 597. The topological polar surface area (TPSA) is 84.9 Å². The molecule has 0 unspecified atom stereocenters. The van der Waals surface area contributed by atoms with Gasteiger partial charge in [-0.25, -0.2) is 9.59 Å². The van der Waals surface area contributed by atoms with Crippen molar-refractivity contribution < 1.29 is 23.9 Å². The van der Waals surface area contributed by atoms with Crippen molar-refractivity contribution in [1.29, 1.82) is 0 Å². The molecule has 124 valence electrons. The summed E-state index contributed by atoms with van der Waals surface area (Å²) >= 11 is 0. The lowest BCUT2D eigenvalue weighted by atomic mass is 10.2. The molecule has 0 spiro atoms. The van der Waals surface area contributed by atoms with Gasteiger partial charge in [0.25, 0.3) is 5.91 Å². The maximum atomic E-state index is 12.1. The number of carbonyl (C=O) groups is 3. The van der Waals surface area contributed by atoms with Crippen LogP contribution in [0.1, 0.15) is 31.1 Å². The molecule has 3 amide bonds. The van der Waals surface area contributed by atoms with Crippen molar-refractivity contribution in [3.8, 4) is 5.75 Å². The molecule has 7 heteroatoms. The van der Waals surface area contributed by atoms with Gasteiger partial charge in [-0.1, -0.05) is 0 Å². The number of rotatable bonds is 5. The van der Waals surface area contributed by atoms with Crippen molar-refractivity contribution in [2.45, 2.75) is 33.0 Å². The van der Waals surface area contributed by atoms with Crippen LogP contribution in [0.5, 0.6) is 5.75 Å². The highest BCUT2D eigenvalue weighted by Crippen LogP contribution is 2.15. The molecule has 1 aliphatic heterocycles. The van der Waals surface area contributed by atoms with Crippen molar-refractivity contribution in [3.05, 3.63) is 29.8 Å². The Morgan fingerprint density at radius 3 is 2.35 bits per heavy atom. The van der Waals surface area contributed by atoms with Crippen LogP contribution in [-0.4, -0.2) is 48.1 Å². The molecule has 1 atom stereocenters. The van der Waals surface area contributed by atoms with Gasteiger partial charge in [0.05, 0.1) is 11.7 Å². The Morgan fingerprint density at radius 2 is 1.83 bits per heavy atom. The molecule has 1 fully saturated rings. The molecule has 0 aromatic heterocycles. The van der Waals surface area contributed by atoms with Crippen molar-refractivity contribution >= 4 is 17.9 Å². The van der Waals surface area contributed by atoms with E-state index in [1.165, 1.54) is 6.92 Å². The van der Waals surface area contributed by atoms with Gasteiger partial charge in [-0.3, -0.25) is 9.69 Å². The van der Waals surface area contributed by atoms with Gasteiger partial charge in [-0.05, 0) is 45.0 Å². The van der Waals surface area contributed by atoms with Crippen molar-refractivity contribution in [3.63, 3.8) is 0 Å². The molecule has 1 saturated heterocycles. The van der Waals surface area contributed by atoms with E-state index in [-0.39, 0.29) is 12.6 Å².